The second kappa shape index (κ2) is 8.70. The largest absolute Gasteiger partial charge is 0.463 e. The van der Waals surface area contributed by atoms with Crippen LogP contribution in [0.3, 0.4) is 0 Å². The van der Waals surface area contributed by atoms with Crippen LogP contribution in [0, 0.1) is 9.49 Å². The lowest BCUT2D eigenvalue weighted by molar-refractivity contribution is -0.157. The van der Waals surface area contributed by atoms with E-state index in [9.17, 15) is 4.79 Å². The minimum Gasteiger partial charge on any atom is -0.463 e. The first-order valence-electron chi connectivity index (χ1n) is 9.29. The van der Waals surface area contributed by atoms with E-state index < -0.39 is 0 Å². The zero-order valence-electron chi connectivity index (χ0n) is 15.0. The number of esters is 1. The SMILES string of the molecule is CC(C)OC(=O)[C@H]1[C@@H](c2ccc(I)cc2)C[C@H]2CC[C@@H]1N2CCCBr. The molecule has 138 valence electrons. The van der Waals surface area contributed by atoms with Gasteiger partial charge in [0, 0.05) is 26.9 Å². The van der Waals surface area contributed by atoms with Gasteiger partial charge < -0.3 is 4.74 Å². The molecule has 2 bridgehead atoms. The lowest BCUT2D eigenvalue weighted by Crippen LogP contribution is -2.51. The maximum Gasteiger partial charge on any atom is 0.311 e. The van der Waals surface area contributed by atoms with Crippen molar-refractivity contribution in [1.29, 1.82) is 0 Å². The van der Waals surface area contributed by atoms with E-state index in [-0.39, 0.29) is 23.9 Å². The Morgan fingerprint density at radius 1 is 1.32 bits per heavy atom. The molecule has 0 N–H and O–H groups in total. The van der Waals surface area contributed by atoms with E-state index in [0.29, 0.717) is 12.1 Å². The third kappa shape index (κ3) is 4.41. The molecule has 1 aromatic rings. The van der Waals surface area contributed by atoms with Gasteiger partial charge in [0.2, 0.25) is 0 Å². The predicted octanol–water partition coefficient (Wildman–Crippen LogP) is 4.96. The smallest absolute Gasteiger partial charge is 0.311 e. The van der Waals surface area contributed by atoms with Gasteiger partial charge in [0.25, 0.3) is 0 Å². The lowest BCUT2D eigenvalue weighted by Gasteiger charge is -2.44. The Hall–Kier alpha value is -0.140. The number of fused-ring (bicyclic) bond motifs is 2. The predicted molar refractivity (Wildman–Crippen MR) is 113 cm³/mol. The van der Waals surface area contributed by atoms with Gasteiger partial charge in [-0.05, 0) is 86.4 Å². The van der Waals surface area contributed by atoms with Gasteiger partial charge in [-0.3, -0.25) is 9.69 Å². The van der Waals surface area contributed by atoms with Crippen molar-refractivity contribution in [2.75, 3.05) is 11.9 Å². The average molecular weight is 520 g/mol. The molecule has 4 atom stereocenters. The van der Waals surface area contributed by atoms with Crippen LogP contribution in [0.1, 0.15) is 51.0 Å². The van der Waals surface area contributed by atoms with Crippen molar-refractivity contribution in [3.05, 3.63) is 33.4 Å². The highest BCUT2D eigenvalue weighted by Gasteiger charge is 2.50. The Bertz CT molecular complexity index is 592. The Morgan fingerprint density at radius 2 is 2.04 bits per heavy atom. The molecule has 0 unspecified atom stereocenters. The second-order valence-electron chi connectivity index (χ2n) is 7.48. The van der Waals surface area contributed by atoms with Crippen LogP contribution in [0.25, 0.3) is 0 Å². The third-order valence-corrected chi connectivity index (χ3v) is 6.82. The standard InChI is InChI=1S/C20H27BrINO2/c1-13(2)25-20(24)19-17(14-4-6-15(22)7-5-14)12-16-8-9-18(19)23(16)11-3-10-21/h4-7,13,16-19H,3,8-12H2,1-2H3/t16-,17-,18+,19+/m1/s1. The lowest BCUT2D eigenvalue weighted by atomic mass is 9.76. The van der Waals surface area contributed by atoms with Gasteiger partial charge in [-0.2, -0.15) is 0 Å². The number of alkyl halides is 1. The number of hydrogen-bond donors (Lipinski definition) is 0. The molecule has 5 heteroatoms. The molecule has 2 aliphatic heterocycles. The molecule has 25 heavy (non-hydrogen) atoms. The van der Waals surface area contributed by atoms with Crippen molar-refractivity contribution >= 4 is 44.5 Å². The summed E-state index contributed by atoms with van der Waals surface area (Å²) in [5.41, 5.74) is 1.29. The second-order valence-corrected chi connectivity index (χ2v) is 9.52. The molecule has 0 radical (unpaired) electrons. The summed E-state index contributed by atoms with van der Waals surface area (Å²) in [5.74, 6) is 0.227. The first-order chi connectivity index (χ1) is 12.0. The molecule has 2 heterocycles. The van der Waals surface area contributed by atoms with Crippen LogP contribution >= 0.6 is 38.5 Å². The fraction of sp³-hybridized carbons (Fsp3) is 0.650. The summed E-state index contributed by atoms with van der Waals surface area (Å²) in [5, 5.41) is 1.02. The molecular weight excluding hydrogens is 493 g/mol. The van der Waals surface area contributed by atoms with Crippen LogP contribution < -0.4 is 0 Å². The summed E-state index contributed by atoms with van der Waals surface area (Å²) in [4.78, 5) is 15.6. The Kier molecular flexibility index (Phi) is 6.83. The number of piperidine rings is 1. The first-order valence-corrected chi connectivity index (χ1v) is 11.5. The summed E-state index contributed by atoms with van der Waals surface area (Å²) in [6.07, 6.45) is 4.47. The summed E-state index contributed by atoms with van der Waals surface area (Å²) >= 11 is 5.89. The van der Waals surface area contributed by atoms with Gasteiger partial charge in [-0.15, -0.1) is 0 Å². The molecule has 2 aliphatic rings. The Morgan fingerprint density at radius 3 is 2.68 bits per heavy atom. The maximum absolute atomic E-state index is 13.0. The minimum absolute atomic E-state index is 0.00672. The Balaban J connectivity index is 1.89. The molecule has 0 aromatic heterocycles. The van der Waals surface area contributed by atoms with E-state index in [1.807, 2.05) is 13.8 Å². The molecule has 3 nitrogen and oxygen atoms in total. The van der Waals surface area contributed by atoms with Crippen LogP contribution in [0.5, 0.6) is 0 Å². The fourth-order valence-corrected chi connectivity index (χ4v) is 5.20. The number of benzene rings is 1. The monoisotopic (exact) mass is 519 g/mol. The van der Waals surface area contributed by atoms with E-state index >= 15 is 0 Å². The average Bonchev–Trinajstić information content (AvgIpc) is 2.84. The van der Waals surface area contributed by atoms with E-state index in [1.54, 1.807) is 0 Å². The van der Waals surface area contributed by atoms with Crippen molar-refractivity contribution in [2.24, 2.45) is 5.92 Å². The number of hydrogen-bond acceptors (Lipinski definition) is 3. The molecule has 2 fully saturated rings. The Labute approximate surface area is 173 Å². The molecule has 0 aliphatic carbocycles. The van der Waals surface area contributed by atoms with Crippen molar-refractivity contribution in [3.63, 3.8) is 0 Å². The van der Waals surface area contributed by atoms with E-state index in [1.165, 1.54) is 15.6 Å². The number of rotatable bonds is 6. The number of halogens is 2. The van der Waals surface area contributed by atoms with E-state index in [0.717, 1.165) is 31.1 Å². The number of carbonyl (C=O) groups excluding carboxylic acids is 1. The number of ether oxygens (including phenoxy) is 1. The normalized spacial score (nSPS) is 29.2. The van der Waals surface area contributed by atoms with Gasteiger partial charge in [-0.25, -0.2) is 0 Å². The van der Waals surface area contributed by atoms with Crippen molar-refractivity contribution in [3.8, 4) is 0 Å². The summed E-state index contributed by atoms with van der Waals surface area (Å²) in [7, 11) is 0. The van der Waals surface area contributed by atoms with Crippen LogP contribution in [0.4, 0.5) is 0 Å². The molecule has 1 aromatic carbocycles. The maximum atomic E-state index is 13.0. The summed E-state index contributed by atoms with van der Waals surface area (Å²) in [6, 6.07) is 9.65. The molecular formula is C20H27BrINO2. The van der Waals surface area contributed by atoms with Crippen LogP contribution in [-0.4, -0.2) is 40.9 Å². The summed E-state index contributed by atoms with van der Waals surface area (Å²) < 4.78 is 6.93. The fourth-order valence-electron chi connectivity index (χ4n) is 4.59. The molecule has 0 saturated carbocycles. The zero-order valence-corrected chi connectivity index (χ0v) is 18.7. The van der Waals surface area contributed by atoms with Gasteiger partial charge in [0.15, 0.2) is 0 Å². The van der Waals surface area contributed by atoms with Crippen LogP contribution in [0.15, 0.2) is 24.3 Å². The quantitative estimate of drug-likeness (QED) is 0.302. The van der Waals surface area contributed by atoms with Gasteiger partial charge >= 0.3 is 5.97 Å². The summed E-state index contributed by atoms with van der Waals surface area (Å²) in [6.45, 7) is 4.97. The van der Waals surface area contributed by atoms with Gasteiger partial charge in [0.1, 0.15) is 0 Å². The molecule has 0 spiro atoms. The van der Waals surface area contributed by atoms with Crippen LogP contribution in [0.2, 0.25) is 0 Å². The minimum atomic E-state index is -0.0556. The highest BCUT2D eigenvalue weighted by molar-refractivity contribution is 14.1. The van der Waals surface area contributed by atoms with E-state index in [2.05, 4.69) is 67.7 Å². The highest BCUT2D eigenvalue weighted by atomic mass is 127. The van der Waals surface area contributed by atoms with Gasteiger partial charge in [0.05, 0.1) is 12.0 Å². The van der Waals surface area contributed by atoms with Crippen molar-refractivity contribution < 1.29 is 9.53 Å². The zero-order chi connectivity index (χ0) is 18.0. The third-order valence-electron chi connectivity index (χ3n) is 5.54. The van der Waals surface area contributed by atoms with Crippen molar-refractivity contribution in [2.45, 2.75) is 63.6 Å². The topological polar surface area (TPSA) is 29.5 Å². The highest BCUT2D eigenvalue weighted by Crippen LogP contribution is 2.47. The molecule has 3 rings (SSSR count). The number of carbonyl (C=O) groups is 1. The first kappa shape index (κ1) is 19.6. The van der Waals surface area contributed by atoms with Gasteiger partial charge in [-0.1, -0.05) is 28.1 Å². The number of nitrogens with zero attached hydrogens (tertiary/aromatic N) is 1. The van der Waals surface area contributed by atoms with E-state index in [4.69, 9.17) is 4.74 Å². The molecule has 2 saturated heterocycles. The molecule has 0 amide bonds. The van der Waals surface area contributed by atoms with Crippen LogP contribution in [-0.2, 0) is 9.53 Å². The van der Waals surface area contributed by atoms with Crippen molar-refractivity contribution in [1.82, 2.24) is 4.90 Å².